The molecule has 0 aromatic carbocycles. The molecule has 2 rings (SSSR count). The van der Waals surface area contributed by atoms with Gasteiger partial charge in [-0.3, -0.25) is 4.90 Å². The highest BCUT2D eigenvalue weighted by atomic mass is 16.5. The van der Waals surface area contributed by atoms with Crippen LogP contribution in [0.4, 0.5) is 0 Å². The summed E-state index contributed by atoms with van der Waals surface area (Å²) in [4.78, 5) is 2.82. The molecule has 1 N–H and O–H groups in total. The summed E-state index contributed by atoms with van der Waals surface area (Å²) in [6.45, 7) is 12.7. The minimum atomic E-state index is 0.333. The van der Waals surface area contributed by atoms with Crippen LogP contribution in [-0.2, 0) is 4.74 Å². The Morgan fingerprint density at radius 1 is 1.30 bits per heavy atom. The van der Waals surface area contributed by atoms with Gasteiger partial charge in [0.05, 0.1) is 0 Å². The maximum Gasteiger partial charge on any atom is 0.0477 e. The normalized spacial score (nSPS) is 28.9. The van der Waals surface area contributed by atoms with Crippen LogP contribution in [0.25, 0.3) is 0 Å². The van der Waals surface area contributed by atoms with Gasteiger partial charge in [-0.25, -0.2) is 0 Å². The molecule has 2 unspecified atom stereocenters. The highest BCUT2D eigenvalue weighted by Crippen LogP contribution is 2.40. The second-order valence-corrected chi connectivity index (χ2v) is 8.01. The monoisotopic (exact) mass is 282 g/mol. The summed E-state index contributed by atoms with van der Waals surface area (Å²) in [5, 5.41) is 3.86. The van der Waals surface area contributed by atoms with Gasteiger partial charge in [0.2, 0.25) is 0 Å². The molecule has 1 aliphatic heterocycles. The number of rotatable bonds is 4. The molecule has 1 saturated heterocycles. The first kappa shape index (κ1) is 16.3. The summed E-state index contributed by atoms with van der Waals surface area (Å²) in [6, 6.07) is 1.22. The SMILES string of the molecule is COCCC(C)N1CC(C(C)(C)C)NCC12CCCC2. The Bertz CT molecular complexity index is 305. The Hall–Kier alpha value is -0.120. The van der Waals surface area contributed by atoms with Crippen molar-refractivity contribution in [1.29, 1.82) is 0 Å². The molecule has 1 aliphatic carbocycles. The van der Waals surface area contributed by atoms with E-state index in [2.05, 4.69) is 37.9 Å². The molecule has 0 bridgehead atoms. The molecule has 2 aliphatic rings. The third-order valence-electron chi connectivity index (χ3n) is 5.52. The van der Waals surface area contributed by atoms with Gasteiger partial charge in [-0.05, 0) is 31.6 Å². The zero-order valence-electron chi connectivity index (χ0n) is 14.2. The molecule has 3 nitrogen and oxygen atoms in total. The van der Waals surface area contributed by atoms with Gasteiger partial charge in [0, 0.05) is 44.4 Å². The van der Waals surface area contributed by atoms with E-state index < -0.39 is 0 Å². The van der Waals surface area contributed by atoms with E-state index in [4.69, 9.17) is 4.74 Å². The summed E-state index contributed by atoms with van der Waals surface area (Å²) in [5.74, 6) is 0. The van der Waals surface area contributed by atoms with Crippen LogP contribution in [0.3, 0.4) is 0 Å². The van der Waals surface area contributed by atoms with Crippen molar-refractivity contribution in [2.24, 2.45) is 5.41 Å². The highest BCUT2D eigenvalue weighted by molar-refractivity contribution is 5.05. The quantitative estimate of drug-likeness (QED) is 0.858. The molecule has 0 radical (unpaired) electrons. The molecular formula is C17H34N2O. The van der Waals surface area contributed by atoms with Crippen LogP contribution in [0, 0.1) is 5.41 Å². The first-order chi connectivity index (χ1) is 9.39. The highest BCUT2D eigenvalue weighted by Gasteiger charge is 2.46. The van der Waals surface area contributed by atoms with Gasteiger partial charge < -0.3 is 10.1 Å². The first-order valence-corrected chi connectivity index (χ1v) is 8.38. The van der Waals surface area contributed by atoms with Crippen molar-refractivity contribution >= 4 is 0 Å². The second kappa shape index (κ2) is 6.33. The fourth-order valence-electron chi connectivity index (χ4n) is 4.04. The van der Waals surface area contributed by atoms with Crippen molar-refractivity contribution in [3.8, 4) is 0 Å². The number of hydrogen-bond acceptors (Lipinski definition) is 3. The van der Waals surface area contributed by atoms with Crippen molar-refractivity contribution in [2.75, 3.05) is 26.8 Å². The molecule has 20 heavy (non-hydrogen) atoms. The van der Waals surface area contributed by atoms with Crippen LogP contribution in [0.5, 0.6) is 0 Å². The summed E-state index contributed by atoms with van der Waals surface area (Å²) < 4.78 is 5.31. The molecule has 1 saturated carbocycles. The molecular weight excluding hydrogens is 248 g/mol. The van der Waals surface area contributed by atoms with E-state index in [1.807, 2.05) is 7.11 Å². The smallest absolute Gasteiger partial charge is 0.0477 e. The minimum Gasteiger partial charge on any atom is -0.385 e. The Morgan fingerprint density at radius 3 is 2.50 bits per heavy atom. The number of methoxy groups -OCH3 is 1. The van der Waals surface area contributed by atoms with E-state index >= 15 is 0 Å². The van der Waals surface area contributed by atoms with Crippen LogP contribution in [0.15, 0.2) is 0 Å². The molecule has 118 valence electrons. The van der Waals surface area contributed by atoms with Gasteiger partial charge in [0.25, 0.3) is 0 Å². The fraction of sp³-hybridized carbons (Fsp3) is 1.00. The zero-order valence-corrected chi connectivity index (χ0v) is 14.2. The standard InChI is InChI=1S/C17H34N2O/c1-14(8-11-20-5)19-12-15(16(2,3)4)18-13-17(19)9-6-7-10-17/h14-15,18H,6-13H2,1-5H3. The summed E-state index contributed by atoms with van der Waals surface area (Å²) in [7, 11) is 1.81. The van der Waals surface area contributed by atoms with Crippen molar-refractivity contribution in [3.63, 3.8) is 0 Å². The van der Waals surface area contributed by atoms with E-state index in [9.17, 15) is 0 Å². The molecule has 1 spiro atoms. The van der Waals surface area contributed by atoms with Gasteiger partial charge in [-0.15, -0.1) is 0 Å². The van der Waals surface area contributed by atoms with Gasteiger partial charge in [0.1, 0.15) is 0 Å². The molecule has 0 aromatic heterocycles. The molecule has 3 heteroatoms. The van der Waals surface area contributed by atoms with E-state index in [-0.39, 0.29) is 0 Å². The van der Waals surface area contributed by atoms with Gasteiger partial charge >= 0.3 is 0 Å². The van der Waals surface area contributed by atoms with Crippen molar-refractivity contribution in [3.05, 3.63) is 0 Å². The predicted molar refractivity (Wildman–Crippen MR) is 85.1 cm³/mol. The van der Waals surface area contributed by atoms with Gasteiger partial charge in [0.15, 0.2) is 0 Å². The van der Waals surface area contributed by atoms with Crippen molar-refractivity contribution in [2.45, 2.75) is 77.4 Å². The number of nitrogens with zero attached hydrogens (tertiary/aromatic N) is 1. The Balaban J connectivity index is 2.10. The Kier molecular flexibility index (Phi) is 5.14. The fourth-order valence-corrected chi connectivity index (χ4v) is 4.04. The molecule has 2 atom stereocenters. The topological polar surface area (TPSA) is 24.5 Å². The Labute approximate surface area is 125 Å². The van der Waals surface area contributed by atoms with E-state index in [0.717, 1.165) is 13.0 Å². The lowest BCUT2D eigenvalue weighted by atomic mass is 9.80. The number of hydrogen-bond donors (Lipinski definition) is 1. The maximum atomic E-state index is 5.31. The molecule has 1 heterocycles. The van der Waals surface area contributed by atoms with Gasteiger partial charge in [-0.2, -0.15) is 0 Å². The summed E-state index contributed by atoms with van der Waals surface area (Å²) in [6.07, 6.45) is 6.68. The average Bonchev–Trinajstić information content (AvgIpc) is 2.84. The zero-order chi connectivity index (χ0) is 14.8. The second-order valence-electron chi connectivity index (χ2n) is 8.01. The van der Waals surface area contributed by atoms with Crippen LogP contribution in [-0.4, -0.2) is 49.3 Å². The van der Waals surface area contributed by atoms with Gasteiger partial charge in [-0.1, -0.05) is 33.6 Å². The lowest BCUT2D eigenvalue weighted by Crippen LogP contribution is -2.68. The third kappa shape index (κ3) is 3.37. The lowest BCUT2D eigenvalue weighted by Gasteiger charge is -2.53. The van der Waals surface area contributed by atoms with Crippen molar-refractivity contribution < 1.29 is 4.74 Å². The lowest BCUT2D eigenvalue weighted by molar-refractivity contribution is -0.0181. The van der Waals surface area contributed by atoms with Crippen LogP contribution < -0.4 is 5.32 Å². The molecule has 0 amide bonds. The van der Waals surface area contributed by atoms with Crippen LogP contribution in [0.2, 0.25) is 0 Å². The van der Waals surface area contributed by atoms with E-state index in [0.29, 0.717) is 23.0 Å². The van der Waals surface area contributed by atoms with Crippen LogP contribution in [0.1, 0.15) is 59.8 Å². The van der Waals surface area contributed by atoms with E-state index in [1.165, 1.54) is 38.8 Å². The minimum absolute atomic E-state index is 0.333. The van der Waals surface area contributed by atoms with E-state index in [1.54, 1.807) is 0 Å². The third-order valence-corrected chi connectivity index (χ3v) is 5.52. The summed E-state index contributed by atoms with van der Waals surface area (Å²) >= 11 is 0. The number of nitrogens with one attached hydrogen (secondary N) is 1. The Morgan fingerprint density at radius 2 is 1.95 bits per heavy atom. The van der Waals surface area contributed by atoms with Crippen molar-refractivity contribution in [1.82, 2.24) is 10.2 Å². The maximum absolute atomic E-state index is 5.31. The number of piperazine rings is 1. The molecule has 0 aromatic rings. The average molecular weight is 282 g/mol. The largest absolute Gasteiger partial charge is 0.385 e. The first-order valence-electron chi connectivity index (χ1n) is 8.38. The van der Waals surface area contributed by atoms with Crippen LogP contribution >= 0.6 is 0 Å². The number of ether oxygens (including phenoxy) is 1. The summed E-state index contributed by atoms with van der Waals surface area (Å²) in [5.41, 5.74) is 0.758. The molecule has 2 fully saturated rings. The predicted octanol–water partition coefficient (Wildman–Crippen LogP) is 3.04.